The third-order valence-corrected chi connectivity index (χ3v) is 3.89. The van der Waals surface area contributed by atoms with Crippen molar-refractivity contribution in [3.8, 4) is 11.6 Å². The van der Waals surface area contributed by atoms with Gasteiger partial charge in [-0.25, -0.2) is 4.98 Å². The largest absolute Gasteiger partial charge is 0.494 e. The Bertz CT molecular complexity index is 790. The lowest BCUT2D eigenvalue weighted by Crippen LogP contribution is -2.34. The van der Waals surface area contributed by atoms with Crippen LogP contribution in [0.1, 0.15) is 36.8 Å². The second-order valence-electron chi connectivity index (χ2n) is 6.55. The average Bonchev–Trinajstić information content (AvgIpc) is 2.66. The van der Waals surface area contributed by atoms with E-state index >= 15 is 0 Å². The summed E-state index contributed by atoms with van der Waals surface area (Å²) in [6, 6.07) is 12.2. The number of hydrogen-bond donors (Lipinski definition) is 2. The van der Waals surface area contributed by atoms with Crippen LogP contribution in [0.4, 0.5) is 0 Å². The van der Waals surface area contributed by atoms with Crippen molar-refractivity contribution in [3.05, 3.63) is 53.7 Å². The van der Waals surface area contributed by atoms with Gasteiger partial charge in [-0.2, -0.15) is 0 Å². The summed E-state index contributed by atoms with van der Waals surface area (Å²) in [5.74, 6) is -1.07. The zero-order valence-corrected chi connectivity index (χ0v) is 16.3. The Balaban J connectivity index is 1.97. The summed E-state index contributed by atoms with van der Waals surface area (Å²) in [6.07, 6.45) is 0.239. The highest BCUT2D eigenvalue weighted by atomic mass is 16.5. The number of nitrogens with zero attached hydrogens (tertiary/aromatic N) is 1. The molecule has 0 aliphatic heterocycles. The van der Waals surface area contributed by atoms with Gasteiger partial charge in [-0.3, -0.25) is 9.59 Å². The van der Waals surface area contributed by atoms with Crippen LogP contribution in [0.5, 0.6) is 11.6 Å². The van der Waals surface area contributed by atoms with Gasteiger partial charge in [-0.1, -0.05) is 18.2 Å². The van der Waals surface area contributed by atoms with Gasteiger partial charge in [0, 0.05) is 12.6 Å². The highest BCUT2D eigenvalue weighted by Crippen LogP contribution is 2.16. The number of carbonyl (C=O) groups excluding carboxylic acids is 1. The van der Waals surface area contributed by atoms with Crippen molar-refractivity contribution < 1.29 is 24.2 Å². The van der Waals surface area contributed by atoms with Crippen LogP contribution in [-0.4, -0.2) is 41.2 Å². The lowest BCUT2D eigenvalue weighted by atomic mass is 9.99. The Kier molecular flexibility index (Phi) is 7.80. The molecule has 0 bridgehead atoms. The fourth-order valence-electron chi connectivity index (χ4n) is 2.57. The SMILES string of the molecule is CCOc1ccc(CC(CNC(=O)c2cccc(OC(C)C)n2)C(=O)O)cc1. The summed E-state index contributed by atoms with van der Waals surface area (Å²) in [5, 5.41) is 12.1. The summed E-state index contributed by atoms with van der Waals surface area (Å²) in [5.41, 5.74) is 1.04. The first-order valence-electron chi connectivity index (χ1n) is 9.25. The number of hydrogen-bond acceptors (Lipinski definition) is 5. The number of benzene rings is 1. The predicted octanol–water partition coefficient (Wildman–Crippen LogP) is 2.94. The minimum atomic E-state index is -0.973. The molecule has 1 amide bonds. The van der Waals surface area contributed by atoms with Crippen LogP contribution in [-0.2, 0) is 11.2 Å². The van der Waals surface area contributed by atoms with E-state index in [0.29, 0.717) is 18.9 Å². The number of carboxylic acids is 1. The number of nitrogens with one attached hydrogen (secondary N) is 1. The molecule has 2 N–H and O–H groups in total. The maximum atomic E-state index is 12.3. The van der Waals surface area contributed by atoms with Crippen LogP contribution in [0.25, 0.3) is 0 Å². The molecule has 2 aromatic rings. The molecular formula is C21H26N2O5. The number of amides is 1. The summed E-state index contributed by atoms with van der Waals surface area (Å²) in [4.78, 5) is 28.1. The van der Waals surface area contributed by atoms with E-state index in [1.807, 2.05) is 32.9 Å². The van der Waals surface area contributed by atoms with Crippen molar-refractivity contribution in [1.82, 2.24) is 10.3 Å². The zero-order valence-electron chi connectivity index (χ0n) is 16.3. The maximum Gasteiger partial charge on any atom is 0.308 e. The lowest BCUT2D eigenvalue weighted by Gasteiger charge is -2.14. The molecule has 1 unspecified atom stereocenters. The molecule has 1 aromatic heterocycles. The minimum absolute atomic E-state index is 0.00166. The Morgan fingerprint density at radius 1 is 1.14 bits per heavy atom. The second-order valence-corrected chi connectivity index (χ2v) is 6.55. The van der Waals surface area contributed by atoms with Gasteiger partial charge < -0.3 is 19.9 Å². The van der Waals surface area contributed by atoms with E-state index < -0.39 is 17.8 Å². The van der Waals surface area contributed by atoms with E-state index in [2.05, 4.69) is 10.3 Å². The molecule has 0 saturated carbocycles. The number of rotatable bonds is 10. The van der Waals surface area contributed by atoms with Gasteiger partial charge in [-0.15, -0.1) is 0 Å². The molecule has 7 heteroatoms. The van der Waals surface area contributed by atoms with Gasteiger partial charge in [-0.05, 0) is 51.0 Å². The first-order chi connectivity index (χ1) is 13.4. The topological polar surface area (TPSA) is 97.8 Å². The lowest BCUT2D eigenvalue weighted by molar-refractivity contribution is -0.141. The van der Waals surface area contributed by atoms with Gasteiger partial charge in [0.1, 0.15) is 11.4 Å². The van der Waals surface area contributed by atoms with Crippen molar-refractivity contribution >= 4 is 11.9 Å². The van der Waals surface area contributed by atoms with E-state index in [9.17, 15) is 14.7 Å². The van der Waals surface area contributed by atoms with Crippen LogP contribution in [0.2, 0.25) is 0 Å². The second kappa shape index (κ2) is 10.3. The normalized spacial score (nSPS) is 11.7. The number of carboxylic acid groups (broad SMARTS) is 1. The Labute approximate surface area is 164 Å². The molecule has 7 nitrogen and oxygen atoms in total. The number of pyridine rings is 1. The summed E-state index contributed by atoms with van der Waals surface area (Å²) in [7, 11) is 0. The molecule has 1 heterocycles. The fourth-order valence-corrected chi connectivity index (χ4v) is 2.57. The standard InChI is InChI=1S/C21H26N2O5/c1-4-27-17-10-8-15(9-11-17)12-16(21(25)26)13-22-20(24)18-6-5-7-19(23-18)28-14(2)3/h5-11,14,16H,4,12-13H2,1-3H3,(H,22,24)(H,25,26). The number of carbonyl (C=O) groups is 2. The van der Waals surface area contributed by atoms with Crippen LogP contribution >= 0.6 is 0 Å². The number of aromatic nitrogens is 1. The van der Waals surface area contributed by atoms with Gasteiger partial charge in [0.05, 0.1) is 18.6 Å². The first-order valence-corrected chi connectivity index (χ1v) is 9.25. The predicted molar refractivity (Wildman–Crippen MR) is 105 cm³/mol. The molecule has 0 radical (unpaired) electrons. The maximum absolute atomic E-state index is 12.3. The van der Waals surface area contributed by atoms with E-state index in [-0.39, 0.29) is 18.3 Å². The van der Waals surface area contributed by atoms with E-state index in [1.54, 1.807) is 30.3 Å². The average molecular weight is 386 g/mol. The van der Waals surface area contributed by atoms with Gasteiger partial charge in [0.15, 0.2) is 0 Å². The van der Waals surface area contributed by atoms with E-state index in [0.717, 1.165) is 11.3 Å². The molecular weight excluding hydrogens is 360 g/mol. The molecule has 1 aromatic carbocycles. The monoisotopic (exact) mass is 386 g/mol. The van der Waals surface area contributed by atoms with Crippen LogP contribution in [0, 0.1) is 5.92 Å². The van der Waals surface area contributed by atoms with Crippen LogP contribution < -0.4 is 14.8 Å². The number of ether oxygens (including phenoxy) is 2. The highest BCUT2D eigenvalue weighted by Gasteiger charge is 2.20. The van der Waals surface area contributed by atoms with Crippen molar-refractivity contribution in [2.45, 2.75) is 33.3 Å². The summed E-state index contributed by atoms with van der Waals surface area (Å²) >= 11 is 0. The Morgan fingerprint density at radius 3 is 2.46 bits per heavy atom. The molecule has 150 valence electrons. The van der Waals surface area contributed by atoms with E-state index in [4.69, 9.17) is 9.47 Å². The Hall–Kier alpha value is -3.09. The van der Waals surface area contributed by atoms with Crippen molar-refractivity contribution in [1.29, 1.82) is 0 Å². The minimum Gasteiger partial charge on any atom is -0.494 e. The molecule has 28 heavy (non-hydrogen) atoms. The van der Waals surface area contributed by atoms with Gasteiger partial charge in [0.2, 0.25) is 5.88 Å². The van der Waals surface area contributed by atoms with Crippen molar-refractivity contribution in [2.24, 2.45) is 5.92 Å². The van der Waals surface area contributed by atoms with Crippen LogP contribution in [0.15, 0.2) is 42.5 Å². The molecule has 0 aliphatic carbocycles. The smallest absolute Gasteiger partial charge is 0.308 e. The third-order valence-electron chi connectivity index (χ3n) is 3.89. The molecule has 0 aliphatic rings. The molecule has 0 saturated heterocycles. The highest BCUT2D eigenvalue weighted by molar-refractivity contribution is 5.92. The summed E-state index contributed by atoms with van der Waals surface area (Å²) in [6.45, 7) is 6.20. The molecule has 0 fully saturated rings. The van der Waals surface area contributed by atoms with Crippen LogP contribution in [0.3, 0.4) is 0 Å². The van der Waals surface area contributed by atoms with Crippen molar-refractivity contribution in [3.63, 3.8) is 0 Å². The van der Waals surface area contributed by atoms with Gasteiger partial charge in [0.25, 0.3) is 5.91 Å². The zero-order chi connectivity index (χ0) is 20.5. The fraction of sp³-hybridized carbons (Fsp3) is 0.381. The van der Waals surface area contributed by atoms with E-state index in [1.165, 1.54) is 0 Å². The molecule has 0 spiro atoms. The molecule has 2 rings (SSSR count). The number of aliphatic carboxylic acids is 1. The van der Waals surface area contributed by atoms with Crippen molar-refractivity contribution in [2.75, 3.05) is 13.2 Å². The quantitative estimate of drug-likeness (QED) is 0.652. The van der Waals surface area contributed by atoms with Gasteiger partial charge >= 0.3 is 5.97 Å². The molecule has 1 atom stereocenters. The Morgan fingerprint density at radius 2 is 1.86 bits per heavy atom. The third kappa shape index (κ3) is 6.57. The summed E-state index contributed by atoms with van der Waals surface area (Å²) < 4.78 is 10.9. The first kappa shape index (κ1) is 21.2.